The second-order valence-corrected chi connectivity index (χ2v) is 15.8. The van der Waals surface area contributed by atoms with Crippen LogP contribution in [0.5, 0.6) is 0 Å². The van der Waals surface area contributed by atoms with Crippen LogP contribution in [-0.4, -0.2) is 34.4 Å². The first kappa shape index (κ1) is 26.5. The van der Waals surface area contributed by atoms with Gasteiger partial charge in [-0.25, -0.2) is 0 Å². The lowest BCUT2D eigenvalue weighted by Crippen LogP contribution is -2.43. The fourth-order valence-electron chi connectivity index (χ4n) is 2.68. The van der Waals surface area contributed by atoms with Gasteiger partial charge in [-0.05, 0) is 42.6 Å². The van der Waals surface area contributed by atoms with E-state index in [1.807, 2.05) is 0 Å². The lowest BCUT2D eigenvalue weighted by Gasteiger charge is -2.38. The van der Waals surface area contributed by atoms with Crippen LogP contribution in [0, 0.1) is 22.0 Å². The number of nitro benzene ring substituents is 1. The highest BCUT2D eigenvalue weighted by Gasteiger charge is 2.38. The SMILES string of the molecule is C=CC(OS(=O)(=O)c1ccc([N+](=O)[O-])cc1)[C@H](CO[Si](C)(C)C(C)(C)C)CC(C)C. The van der Waals surface area contributed by atoms with E-state index in [4.69, 9.17) is 8.61 Å². The van der Waals surface area contributed by atoms with E-state index in [2.05, 4.69) is 54.3 Å². The molecule has 1 aromatic rings. The Bertz CT molecular complexity index is 828. The van der Waals surface area contributed by atoms with Gasteiger partial charge in [-0.1, -0.05) is 40.7 Å². The van der Waals surface area contributed by atoms with E-state index in [-0.39, 0.29) is 21.5 Å². The maximum absolute atomic E-state index is 12.8. The minimum absolute atomic E-state index is 0.0325. The van der Waals surface area contributed by atoms with Gasteiger partial charge in [0.25, 0.3) is 15.8 Å². The first-order valence-electron chi connectivity index (χ1n) is 10.0. The Balaban J connectivity index is 3.07. The van der Waals surface area contributed by atoms with Crippen LogP contribution in [0.3, 0.4) is 0 Å². The van der Waals surface area contributed by atoms with E-state index in [0.29, 0.717) is 18.9 Å². The molecule has 0 heterocycles. The largest absolute Gasteiger partial charge is 0.416 e. The molecule has 0 saturated heterocycles. The minimum Gasteiger partial charge on any atom is -0.416 e. The van der Waals surface area contributed by atoms with Gasteiger partial charge in [0.15, 0.2) is 8.32 Å². The molecule has 0 radical (unpaired) electrons. The van der Waals surface area contributed by atoms with Crippen molar-refractivity contribution in [1.82, 2.24) is 0 Å². The summed E-state index contributed by atoms with van der Waals surface area (Å²) in [7, 11) is -6.14. The van der Waals surface area contributed by atoms with Gasteiger partial charge < -0.3 is 4.43 Å². The van der Waals surface area contributed by atoms with Crippen molar-refractivity contribution in [3.63, 3.8) is 0 Å². The first-order valence-corrected chi connectivity index (χ1v) is 14.4. The van der Waals surface area contributed by atoms with E-state index >= 15 is 0 Å². The summed E-state index contributed by atoms with van der Waals surface area (Å²) < 4.78 is 37.4. The van der Waals surface area contributed by atoms with Crippen molar-refractivity contribution in [2.75, 3.05) is 6.61 Å². The molecule has 170 valence electrons. The number of nitrogens with zero attached hydrogens (tertiary/aromatic N) is 1. The summed E-state index contributed by atoms with van der Waals surface area (Å²) in [6.45, 7) is 19.0. The predicted molar refractivity (Wildman–Crippen MR) is 121 cm³/mol. The molecule has 30 heavy (non-hydrogen) atoms. The second-order valence-electron chi connectivity index (χ2n) is 9.46. The number of rotatable bonds is 11. The van der Waals surface area contributed by atoms with Gasteiger partial charge in [-0.15, -0.1) is 6.58 Å². The van der Waals surface area contributed by atoms with Crippen LogP contribution in [0.15, 0.2) is 41.8 Å². The summed E-state index contributed by atoms with van der Waals surface area (Å²) in [6.07, 6.45) is 1.43. The number of nitro groups is 1. The molecule has 0 aliphatic carbocycles. The Morgan fingerprint density at radius 2 is 1.73 bits per heavy atom. The fraction of sp³-hybridized carbons (Fsp3) is 0.619. The summed E-state index contributed by atoms with van der Waals surface area (Å²) in [6, 6.07) is 4.64. The predicted octanol–water partition coefficient (Wildman–Crippen LogP) is 5.54. The Hall–Kier alpha value is -1.55. The average molecular weight is 458 g/mol. The number of hydrogen-bond acceptors (Lipinski definition) is 6. The summed E-state index contributed by atoms with van der Waals surface area (Å²) in [4.78, 5) is 10.1. The first-order chi connectivity index (χ1) is 13.6. The molecule has 9 heteroatoms. The number of non-ortho nitro benzene ring substituents is 1. The van der Waals surface area contributed by atoms with Crippen LogP contribution in [-0.2, 0) is 18.7 Å². The molecular weight excluding hydrogens is 422 g/mol. The van der Waals surface area contributed by atoms with E-state index in [0.717, 1.165) is 12.1 Å². The minimum atomic E-state index is -4.12. The lowest BCUT2D eigenvalue weighted by molar-refractivity contribution is -0.384. The normalized spacial score (nSPS) is 15.1. The standard InChI is InChI=1S/C21H35NO6SSi/c1-9-20(17(14-16(2)3)15-27-30(7,8)21(4,5)6)28-29(25,26)19-12-10-18(11-13-19)22(23)24/h9-13,16-17,20H,1,14-15H2,2-8H3/t17-,20?/m0/s1. The number of benzene rings is 1. The van der Waals surface area contributed by atoms with Crippen molar-refractivity contribution in [1.29, 1.82) is 0 Å². The zero-order chi connectivity index (χ0) is 23.3. The highest BCUT2D eigenvalue weighted by Crippen LogP contribution is 2.37. The van der Waals surface area contributed by atoms with Crippen molar-refractivity contribution in [3.8, 4) is 0 Å². The van der Waals surface area contributed by atoms with E-state index in [1.54, 1.807) is 0 Å². The lowest BCUT2D eigenvalue weighted by atomic mass is 9.93. The Morgan fingerprint density at radius 1 is 1.20 bits per heavy atom. The third-order valence-corrected chi connectivity index (χ3v) is 11.3. The van der Waals surface area contributed by atoms with Crippen molar-refractivity contribution >= 4 is 24.1 Å². The van der Waals surface area contributed by atoms with Gasteiger partial charge in [0, 0.05) is 24.7 Å². The Morgan fingerprint density at radius 3 is 2.13 bits per heavy atom. The molecule has 2 atom stereocenters. The van der Waals surface area contributed by atoms with Gasteiger partial charge in [0.1, 0.15) is 6.10 Å². The molecule has 7 nitrogen and oxygen atoms in total. The Labute approximate surface area is 181 Å². The molecule has 1 unspecified atom stereocenters. The van der Waals surface area contributed by atoms with Gasteiger partial charge in [-0.3, -0.25) is 14.3 Å². The van der Waals surface area contributed by atoms with Gasteiger partial charge >= 0.3 is 0 Å². The quantitative estimate of drug-likeness (QED) is 0.142. The average Bonchev–Trinajstić information content (AvgIpc) is 2.62. The molecule has 0 saturated carbocycles. The molecule has 0 amide bonds. The maximum Gasteiger partial charge on any atom is 0.297 e. The van der Waals surface area contributed by atoms with Gasteiger partial charge in [0.2, 0.25) is 0 Å². The third-order valence-electron chi connectivity index (χ3n) is 5.51. The smallest absolute Gasteiger partial charge is 0.297 e. The summed E-state index contributed by atoms with van der Waals surface area (Å²) in [5.41, 5.74) is -0.185. The van der Waals surface area contributed by atoms with Crippen molar-refractivity contribution in [3.05, 3.63) is 47.0 Å². The van der Waals surface area contributed by atoms with Crippen LogP contribution in [0.4, 0.5) is 5.69 Å². The van der Waals surface area contributed by atoms with Crippen molar-refractivity contribution in [2.24, 2.45) is 11.8 Å². The molecule has 0 aliphatic heterocycles. The zero-order valence-electron chi connectivity index (χ0n) is 19.0. The second kappa shape index (κ2) is 10.2. The van der Waals surface area contributed by atoms with Gasteiger partial charge in [-0.2, -0.15) is 8.42 Å². The van der Waals surface area contributed by atoms with Crippen LogP contribution >= 0.6 is 0 Å². The van der Waals surface area contributed by atoms with E-state index in [1.165, 1.54) is 18.2 Å². The molecule has 0 aliphatic rings. The van der Waals surface area contributed by atoms with Crippen LogP contribution < -0.4 is 0 Å². The molecule has 1 rings (SSSR count). The van der Waals surface area contributed by atoms with E-state index < -0.39 is 29.5 Å². The van der Waals surface area contributed by atoms with Crippen molar-refractivity contribution < 1.29 is 22.0 Å². The zero-order valence-corrected chi connectivity index (χ0v) is 20.9. The van der Waals surface area contributed by atoms with Crippen LogP contribution in [0.2, 0.25) is 18.1 Å². The van der Waals surface area contributed by atoms with Crippen molar-refractivity contribution in [2.45, 2.75) is 70.2 Å². The summed E-state index contributed by atoms with van der Waals surface area (Å²) in [5, 5.41) is 10.8. The molecule has 0 bridgehead atoms. The molecule has 0 N–H and O–H groups in total. The number of hydrogen-bond donors (Lipinski definition) is 0. The topological polar surface area (TPSA) is 95.7 Å². The summed E-state index contributed by atoms with van der Waals surface area (Å²) in [5.74, 6) is 0.121. The van der Waals surface area contributed by atoms with Crippen LogP contribution in [0.25, 0.3) is 0 Å². The molecular formula is C21H35NO6SSi. The molecule has 0 fully saturated rings. The monoisotopic (exact) mass is 457 g/mol. The van der Waals surface area contributed by atoms with Gasteiger partial charge in [0.05, 0.1) is 9.82 Å². The van der Waals surface area contributed by atoms with Crippen LogP contribution in [0.1, 0.15) is 41.0 Å². The molecule has 0 spiro atoms. The third kappa shape index (κ3) is 7.30. The summed E-state index contributed by atoms with van der Waals surface area (Å²) >= 11 is 0. The highest BCUT2D eigenvalue weighted by molar-refractivity contribution is 7.86. The Kier molecular flexibility index (Phi) is 8.98. The van der Waals surface area contributed by atoms with E-state index in [9.17, 15) is 18.5 Å². The maximum atomic E-state index is 12.8. The molecule has 1 aromatic carbocycles. The molecule has 0 aromatic heterocycles. The highest BCUT2D eigenvalue weighted by atomic mass is 32.2. The fourth-order valence-corrected chi connectivity index (χ4v) is 4.85.